The van der Waals surface area contributed by atoms with Gasteiger partial charge in [0.05, 0.1) is 6.61 Å². The van der Waals surface area contributed by atoms with Gasteiger partial charge in [-0.25, -0.2) is 4.79 Å². The topological polar surface area (TPSA) is 59.4 Å². The molecule has 0 bridgehead atoms. The lowest BCUT2D eigenvalue weighted by atomic mass is 10.3. The second kappa shape index (κ2) is 5.64. The van der Waals surface area contributed by atoms with Crippen molar-refractivity contribution in [1.29, 1.82) is 0 Å². The number of thiophene rings is 1. The second-order valence-corrected chi connectivity index (χ2v) is 5.03. The van der Waals surface area contributed by atoms with Crippen LogP contribution in [0.4, 0.5) is 0 Å². The van der Waals surface area contributed by atoms with Crippen LogP contribution in [0, 0.1) is 6.92 Å². The SMILES string of the molecule is Cc1cc(OCCc2ccccn2)c(C(=O)O)s1. The summed E-state index contributed by atoms with van der Waals surface area (Å²) in [6.45, 7) is 2.29. The number of aromatic nitrogens is 1. The minimum Gasteiger partial charge on any atom is -0.491 e. The summed E-state index contributed by atoms with van der Waals surface area (Å²) in [6.07, 6.45) is 2.39. The van der Waals surface area contributed by atoms with Crippen LogP contribution in [-0.4, -0.2) is 22.7 Å². The van der Waals surface area contributed by atoms with E-state index in [0.29, 0.717) is 18.8 Å². The molecule has 1 N–H and O–H groups in total. The largest absolute Gasteiger partial charge is 0.491 e. The Morgan fingerprint density at radius 1 is 1.50 bits per heavy atom. The van der Waals surface area contributed by atoms with Gasteiger partial charge in [0, 0.05) is 23.2 Å². The lowest BCUT2D eigenvalue weighted by Crippen LogP contribution is -2.04. The van der Waals surface area contributed by atoms with E-state index in [1.807, 2.05) is 25.1 Å². The lowest BCUT2D eigenvalue weighted by Gasteiger charge is -2.04. The number of nitrogens with zero attached hydrogens (tertiary/aromatic N) is 1. The molecule has 0 amide bonds. The molecule has 0 aliphatic rings. The normalized spacial score (nSPS) is 10.3. The molecule has 0 spiro atoms. The van der Waals surface area contributed by atoms with E-state index >= 15 is 0 Å². The number of aromatic carboxylic acids is 1. The van der Waals surface area contributed by atoms with Crippen LogP contribution in [0.3, 0.4) is 0 Å². The Hall–Kier alpha value is -1.88. The Labute approximate surface area is 109 Å². The first-order valence-corrected chi connectivity index (χ1v) is 6.35. The van der Waals surface area contributed by atoms with Crippen LogP contribution in [-0.2, 0) is 6.42 Å². The summed E-state index contributed by atoms with van der Waals surface area (Å²) in [7, 11) is 0. The van der Waals surface area contributed by atoms with E-state index < -0.39 is 5.97 Å². The quantitative estimate of drug-likeness (QED) is 0.901. The van der Waals surface area contributed by atoms with Crippen molar-refractivity contribution >= 4 is 17.3 Å². The number of aryl methyl sites for hydroxylation is 1. The zero-order valence-electron chi connectivity index (χ0n) is 9.92. The first-order valence-electron chi connectivity index (χ1n) is 5.53. The predicted molar refractivity (Wildman–Crippen MR) is 69.5 cm³/mol. The number of carboxylic acid groups (broad SMARTS) is 1. The molecule has 18 heavy (non-hydrogen) atoms. The fourth-order valence-electron chi connectivity index (χ4n) is 1.56. The van der Waals surface area contributed by atoms with Gasteiger partial charge in [0.25, 0.3) is 0 Å². The van der Waals surface area contributed by atoms with Crippen LogP contribution < -0.4 is 4.74 Å². The number of carbonyl (C=O) groups is 1. The molecular weight excluding hydrogens is 250 g/mol. The highest BCUT2D eigenvalue weighted by Crippen LogP contribution is 2.28. The third-order valence-electron chi connectivity index (χ3n) is 2.36. The van der Waals surface area contributed by atoms with Gasteiger partial charge in [0.2, 0.25) is 0 Å². The molecule has 0 aliphatic heterocycles. The van der Waals surface area contributed by atoms with Crippen LogP contribution in [0.5, 0.6) is 5.75 Å². The summed E-state index contributed by atoms with van der Waals surface area (Å²) >= 11 is 1.23. The number of hydrogen-bond donors (Lipinski definition) is 1. The smallest absolute Gasteiger partial charge is 0.349 e. The standard InChI is InChI=1S/C13H13NO3S/c1-9-8-11(12(18-9)13(15)16)17-7-5-10-4-2-3-6-14-10/h2-4,6,8H,5,7H2,1H3,(H,15,16). The van der Waals surface area contributed by atoms with Crippen molar-refractivity contribution in [3.63, 3.8) is 0 Å². The number of hydrogen-bond acceptors (Lipinski definition) is 4. The molecule has 0 saturated carbocycles. The van der Waals surface area contributed by atoms with E-state index in [1.54, 1.807) is 12.3 Å². The maximum absolute atomic E-state index is 11.0. The maximum Gasteiger partial charge on any atom is 0.349 e. The molecular formula is C13H13NO3S. The Morgan fingerprint density at radius 2 is 2.33 bits per heavy atom. The van der Waals surface area contributed by atoms with Gasteiger partial charge < -0.3 is 9.84 Å². The molecule has 2 aromatic rings. The Bertz CT molecular complexity index is 536. The highest BCUT2D eigenvalue weighted by molar-refractivity contribution is 7.14. The first-order chi connectivity index (χ1) is 8.66. The number of pyridine rings is 1. The average molecular weight is 263 g/mol. The van der Waals surface area contributed by atoms with E-state index in [0.717, 1.165) is 10.6 Å². The van der Waals surface area contributed by atoms with Crippen LogP contribution in [0.2, 0.25) is 0 Å². The van der Waals surface area contributed by atoms with E-state index in [-0.39, 0.29) is 4.88 Å². The monoisotopic (exact) mass is 263 g/mol. The lowest BCUT2D eigenvalue weighted by molar-refractivity contribution is 0.0698. The van der Waals surface area contributed by atoms with Gasteiger partial charge in [-0.2, -0.15) is 0 Å². The van der Waals surface area contributed by atoms with Gasteiger partial charge in [-0.3, -0.25) is 4.98 Å². The summed E-state index contributed by atoms with van der Waals surface area (Å²) < 4.78 is 5.51. The number of carboxylic acids is 1. The highest BCUT2D eigenvalue weighted by Gasteiger charge is 2.15. The van der Waals surface area contributed by atoms with Gasteiger partial charge >= 0.3 is 5.97 Å². The highest BCUT2D eigenvalue weighted by atomic mass is 32.1. The van der Waals surface area contributed by atoms with Crippen LogP contribution in [0.1, 0.15) is 20.2 Å². The Balaban J connectivity index is 1.96. The molecule has 0 aliphatic carbocycles. The van der Waals surface area contributed by atoms with Crippen LogP contribution in [0.25, 0.3) is 0 Å². The summed E-state index contributed by atoms with van der Waals surface area (Å²) in [4.78, 5) is 16.4. The van der Waals surface area contributed by atoms with Crippen molar-refractivity contribution in [2.45, 2.75) is 13.3 Å². The maximum atomic E-state index is 11.0. The summed E-state index contributed by atoms with van der Waals surface area (Å²) in [5.74, 6) is -0.498. The van der Waals surface area contributed by atoms with Gasteiger partial charge in [0.15, 0.2) is 4.88 Å². The Kier molecular flexibility index (Phi) is 3.94. The number of rotatable bonds is 5. The van der Waals surface area contributed by atoms with Crippen molar-refractivity contribution in [1.82, 2.24) is 4.98 Å². The van der Waals surface area contributed by atoms with E-state index in [4.69, 9.17) is 9.84 Å². The van der Waals surface area contributed by atoms with E-state index in [1.165, 1.54) is 11.3 Å². The summed E-state index contributed by atoms with van der Waals surface area (Å²) in [5, 5.41) is 9.01. The molecule has 0 radical (unpaired) electrons. The minimum absolute atomic E-state index is 0.258. The molecule has 0 fully saturated rings. The van der Waals surface area contributed by atoms with E-state index in [2.05, 4.69) is 4.98 Å². The molecule has 0 atom stereocenters. The van der Waals surface area contributed by atoms with Gasteiger partial charge in [-0.05, 0) is 25.1 Å². The van der Waals surface area contributed by atoms with Crippen molar-refractivity contribution < 1.29 is 14.6 Å². The second-order valence-electron chi connectivity index (χ2n) is 3.78. The van der Waals surface area contributed by atoms with Crippen LogP contribution >= 0.6 is 11.3 Å². The van der Waals surface area contributed by atoms with Crippen molar-refractivity contribution in [2.24, 2.45) is 0 Å². The molecule has 0 unspecified atom stereocenters. The minimum atomic E-state index is -0.944. The molecule has 4 nitrogen and oxygen atoms in total. The molecule has 94 valence electrons. The van der Waals surface area contributed by atoms with Crippen molar-refractivity contribution in [2.75, 3.05) is 6.61 Å². The Morgan fingerprint density at radius 3 is 3.00 bits per heavy atom. The zero-order chi connectivity index (χ0) is 13.0. The van der Waals surface area contributed by atoms with E-state index in [9.17, 15) is 4.79 Å². The molecule has 0 aromatic carbocycles. The molecule has 2 rings (SSSR count). The fraction of sp³-hybridized carbons (Fsp3) is 0.231. The molecule has 0 saturated heterocycles. The van der Waals surface area contributed by atoms with Gasteiger partial charge in [-0.15, -0.1) is 11.3 Å². The molecule has 2 heterocycles. The third-order valence-corrected chi connectivity index (χ3v) is 3.38. The van der Waals surface area contributed by atoms with Gasteiger partial charge in [-0.1, -0.05) is 6.07 Å². The third kappa shape index (κ3) is 3.07. The van der Waals surface area contributed by atoms with Crippen molar-refractivity contribution in [3.8, 4) is 5.75 Å². The van der Waals surface area contributed by atoms with Crippen molar-refractivity contribution in [3.05, 3.63) is 45.9 Å². The summed E-state index contributed by atoms with van der Waals surface area (Å²) in [6, 6.07) is 7.45. The number of ether oxygens (including phenoxy) is 1. The van der Waals surface area contributed by atoms with Crippen LogP contribution in [0.15, 0.2) is 30.5 Å². The first kappa shape index (κ1) is 12.6. The average Bonchev–Trinajstić information content (AvgIpc) is 2.72. The van der Waals surface area contributed by atoms with Gasteiger partial charge in [0.1, 0.15) is 5.75 Å². The predicted octanol–water partition coefficient (Wildman–Crippen LogP) is 2.77. The fourth-order valence-corrected chi connectivity index (χ4v) is 2.35. The summed E-state index contributed by atoms with van der Waals surface area (Å²) in [5.41, 5.74) is 0.932. The zero-order valence-corrected chi connectivity index (χ0v) is 10.7. The molecule has 2 aromatic heterocycles. The molecule has 5 heteroatoms.